The van der Waals surface area contributed by atoms with E-state index in [0.717, 1.165) is 22.1 Å². The molecule has 0 radical (unpaired) electrons. The fraction of sp³-hybridized carbons (Fsp3) is 0.167. The highest BCUT2D eigenvalue weighted by atomic mass is 16.3. The summed E-state index contributed by atoms with van der Waals surface area (Å²) in [6.45, 7) is 2.01. The molecule has 1 atom stereocenters. The minimum absolute atomic E-state index is 0.0693. The maximum Gasteiger partial charge on any atom is 0.199 e. The van der Waals surface area contributed by atoms with Crippen molar-refractivity contribution in [3.05, 3.63) is 71.5 Å². The number of hydrogen-bond donors (Lipinski definition) is 1. The quantitative estimate of drug-likeness (QED) is 0.734. The second-order valence-electron chi connectivity index (χ2n) is 5.30. The molecule has 0 aliphatic rings. The average molecular weight is 279 g/mol. The predicted molar refractivity (Wildman–Crippen MR) is 83.3 cm³/mol. The van der Waals surface area contributed by atoms with Gasteiger partial charge in [0.15, 0.2) is 11.5 Å². The van der Waals surface area contributed by atoms with Gasteiger partial charge in [0, 0.05) is 17.8 Å². The second kappa shape index (κ2) is 5.54. The number of fused-ring (bicyclic) bond motifs is 1. The van der Waals surface area contributed by atoms with Gasteiger partial charge in [0.25, 0.3) is 0 Å². The Morgan fingerprint density at radius 1 is 1.14 bits per heavy atom. The van der Waals surface area contributed by atoms with Crippen LogP contribution in [-0.2, 0) is 0 Å². The number of hydrogen-bond acceptors (Lipinski definition) is 3. The molecule has 0 saturated carbocycles. The zero-order chi connectivity index (χ0) is 14.8. The largest absolute Gasteiger partial charge is 0.453 e. The van der Waals surface area contributed by atoms with Crippen molar-refractivity contribution in [2.24, 2.45) is 5.73 Å². The van der Waals surface area contributed by atoms with Gasteiger partial charge in [0.1, 0.15) is 5.58 Å². The van der Waals surface area contributed by atoms with Gasteiger partial charge in [-0.15, -0.1) is 0 Å². The lowest BCUT2D eigenvalue weighted by atomic mass is 10.0. The molecule has 0 fully saturated rings. The van der Waals surface area contributed by atoms with Crippen LogP contribution in [0.25, 0.3) is 11.0 Å². The van der Waals surface area contributed by atoms with Gasteiger partial charge in [-0.25, -0.2) is 0 Å². The van der Waals surface area contributed by atoms with Crippen molar-refractivity contribution in [1.82, 2.24) is 0 Å². The summed E-state index contributed by atoms with van der Waals surface area (Å²) in [5, 5.41) is 0.951. The zero-order valence-corrected chi connectivity index (χ0v) is 11.9. The van der Waals surface area contributed by atoms with Crippen molar-refractivity contribution < 1.29 is 9.21 Å². The fourth-order valence-corrected chi connectivity index (χ4v) is 2.42. The van der Waals surface area contributed by atoms with E-state index in [1.165, 1.54) is 0 Å². The van der Waals surface area contributed by atoms with E-state index in [1.807, 2.05) is 55.5 Å². The first-order valence-electron chi connectivity index (χ1n) is 6.97. The molecule has 0 bridgehead atoms. The number of carbonyl (C=O) groups excluding carboxylic acids is 1. The Balaban J connectivity index is 1.80. The lowest BCUT2D eigenvalue weighted by Gasteiger charge is -2.09. The molecule has 3 rings (SSSR count). The first kappa shape index (κ1) is 13.6. The number of furan rings is 1. The van der Waals surface area contributed by atoms with Crippen molar-refractivity contribution >= 4 is 16.8 Å². The molecule has 3 nitrogen and oxygen atoms in total. The lowest BCUT2D eigenvalue weighted by molar-refractivity contribution is 0.0949. The molecular formula is C18H17NO2. The Morgan fingerprint density at radius 3 is 2.67 bits per heavy atom. The van der Waals surface area contributed by atoms with E-state index in [9.17, 15) is 4.79 Å². The van der Waals surface area contributed by atoms with E-state index < -0.39 is 0 Å². The fourth-order valence-electron chi connectivity index (χ4n) is 2.42. The molecule has 1 unspecified atom stereocenters. The first-order chi connectivity index (χ1) is 10.1. The molecular weight excluding hydrogens is 262 g/mol. The summed E-state index contributed by atoms with van der Waals surface area (Å²) in [6.07, 6.45) is 0.239. The van der Waals surface area contributed by atoms with Gasteiger partial charge in [0.2, 0.25) is 0 Å². The van der Waals surface area contributed by atoms with Crippen LogP contribution in [0.1, 0.15) is 34.1 Å². The molecule has 106 valence electrons. The Hall–Kier alpha value is -2.39. The van der Waals surface area contributed by atoms with Crippen LogP contribution in [0, 0.1) is 6.92 Å². The van der Waals surface area contributed by atoms with E-state index in [-0.39, 0.29) is 18.2 Å². The number of aryl methyl sites for hydroxylation is 1. The van der Waals surface area contributed by atoms with Gasteiger partial charge in [-0.05, 0) is 30.7 Å². The van der Waals surface area contributed by atoms with E-state index in [1.54, 1.807) is 6.07 Å². The van der Waals surface area contributed by atoms with Gasteiger partial charge in [-0.3, -0.25) is 4.79 Å². The Labute approximate surface area is 123 Å². The minimum Gasteiger partial charge on any atom is -0.453 e. The summed E-state index contributed by atoms with van der Waals surface area (Å²) in [6, 6.07) is 17.0. The number of ketones is 1. The summed E-state index contributed by atoms with van der Waals surface area (Å²) in [5.41, 5.74) is 8.92. The second-order valence-corrected chi connectivity index (χ2v) is 5.30. The van der Waals surface area contributed by atoms with Crippen LogP contribution in [0.15, 0.2) is 59.0 Å². The molecule has 1 heterocycles. The molecule has 2 aromatic carbocycles. The Morgan fingerprint density at radius 2 is 1.90 bits per heavy atom. The summed E-state index contributed by atoms with van der Waals surface area (Å²) in [4.78, 5) is 12.3. The van der Waals surface area contributed by atoms with Crippen molar-refractivity contribution in [3.63, 3.8) is 0 Å². The van der Waals surface area contributed by atoms with E-state index >= 15 is 0 Å². The van der Waals surface area contributed by atoms with Gasteiger partial charge in [0.05, 0.1) is 0 Å². The van der Waals surface area contributed by atoms with E-state index in [0.29, 0.717) is 5.76 Å². The summed E-state index contributed by atoms with van der Waals surface area (Å²) >= 11 is 0. The third-order valence-electron chi connectivity index (χ3n) is 3.58. The number of carbonyl (C=O) groups is 1. The predicted octanol–water partition coefficient (Wildman–Crippen LogP) is 4.01. The molecule has 3 heteroatoms. The Kier molecular flexibility index (Phi) is 3.59. The highest BCUT2D eigenvalue weighted by Crippen LogP contribution is 2.23. The van der Waals surface area contributed by atoms with Crippen LogP contribution >= 0.6 is 0 Å². The number of rotatable bonds is 4. The normalized spacial score (nSPS) is 12.5. The van der Waals surface area contributed by atoms with Crippen LogP contribution in [0.3, 0.4) is 0 Å². The van der Waals surface area contributed by atoms with Gasteiger partial charge < -0.3 is 10.2 Å². The molecule has 0 aliphatic carbocycles. The first-order valence-corrected chi connectivity index (χ1v) is 6.97. The van der Waals surface area contributed by atoms with Gasteiger partial charge in [-0.1, -0.05) is 42.0 Å². The molecule has 21 heavy (non-hydrogen) atoms. The number of Topliss-reactive ketones (excluding diaryl/α,β-unsaturated/α-hetero) is 1. The molecule has 0 aliphatic heterocycles. The van der Waals surface area contributed by atoms with Gasteiger partial charge in [-0.2, -0.15) is 0 Å². The van der Waals surface area contributed by atoms with Gasteiger partial charge >= 0.3 is 0 Å². The van der Waals surface area contributed by atoms with Crippen molar-refractivity contribution in [2.45, 2.75) is 19.4 Å². The topological polar surface area (TPSA) is 56.2 Å². The number of nitrogens with two attached hydrogens (primary N) is 1. The van der Waals surface area contributed by atoms with Crippen molar-refractivity contribution in [1.29, 1.82) is 0 Å². The van der Waals surface area contributed by atoms with Crippen molar-refractivity contribution in [2.75, 3.05) is 0 Å². The van der Waals surface area contributed by atoms with E-state index in [4.69, 9.17) is 10.2 Å². The molecule has 0 spiro atoms. The summed E-state index contributed by atoms with van der Waals surface area (Å²) < 4.78 is 5.62. The minimum atomic E-state index is -0.311. The monoisotopic (exact) mass is 279 g/mol. The molecule has 3 aromatic rings. The maximum atomic E-state index is 12.3. The zero-order valence-electron chi connectivity index (χ0n) is 11.9. The smallest absolute Gasteiger partial charge is 0.199 e. The SMILES string of the molecule is Cc1ccc2oc(C(=O)CC(N)c3ccccc3)cc2c1. The number of benzene rings is 2. The molecule has 0 amide bonds. The lowest BCUT2D eigenvalue weighted by Crippen LogP contribution is -2.15. The Bertz CT molecular complexity index is 774. The molecule has 0 saturated heterocycles. The molecule has 1 aromatic heterocycles. The third-order valence-corrected chi connectivity index (χ3v) is 3.58. The summed E-state index contributed by atoms with van der Waals surface area (Å²) in [5.74, 6) is 0.308. The third kappa shape index (κ3) is 2.88. The standard InChI is InChI=1S/C18H17NO2/c1-12-7-8-17-14(9-12)10-18(21-17)16(20)11-15(19)13-5-3-2-4-6-13/h2-10,15H,11,19H2,1H3. The van der Waals surface area contributed by atoms with E-state index in [2.05, 4.69) is 0 Å². The van der Waals surface area contributed by atoms with Crippen LogP contribution in [0.4, 0.5) is 0 Å². The van der Waals surface area contributed by atoms with Crippen LogP contribution in [0.2, 0.25) is 0 Å². The van der Waals surface area contributed by atoms with Crippen LogP contribution in [0.5, 0.6) is 0 Å². The van der Waals surface area contributed by atoms with Crippen LogP contribution < -0.4 is 5.73 Å². The average Bonchev–Trinajstić information content (AvgIpc) is 2.91. The van der Waals surface area contributed by atoms with Crippen molar-refractivity contribution in [3.8, 4) is 0 Å². The summed E-state index contributed by atoms with van der Waals surface area (Å²) in [7, 11) is 0. The highest BCUT2D eigenvalue weighted by molar-refractivity contribution is 5.98. The maximum absolute atomic E-state index is 12.3. The highest BCUT2D eigenvalue weighted by Gasteiger charge is 2.17. The van der Waals surface area contributed by atoms with Crippen LogP contribution in [-0.4, -0.2) is 5.78 Å². The molecule has 2 N–H and O–H groups in total.